The van der Waals surface area contributed by atoms with Gasteiger partial charge in [-0.1, -0.05) is 67.6 Å². The summed E-state index contributed by atoms with van der Waals surface area (Å²) >= 11 is 0. The zero-order chi connectivity index (χ0) is 36.3. The molecule has 2 aromatic carbocycles. The predicted molar refractivity (Wildman–Crippen MR) is 197 cm³/mol. The molecule has 2 aliphatic rings. The number of aryl methyl sites for hydroxylation is 1. The maximum Gasteiger partial charge on any atom is 0.319 e. The van der Waals surface area contributed by atoms with Crippen LogP contribution in [0, 0.1) is 0 Å². The van der Waals surface area contributed by atoms with Crippen molar-refractivity contribution in [2.24, 2.45) is 0 Å². The molecule has 53 heavy (non-hydrogen) atoms. The molecule has 0 spiro atoms. The highest BCUT2D eigenvalue weighted by Crippen LogP contribution is 2.40. The molecule has 1 saturated carbocycles. The molecule has 1 aliphatic heterocycles. The van der Waals surface area contributed by atoms with E-state index in [1.54, 1.807) is 30.9 Å². The van der Waals surface area contributed by atoms with Crippen LogP contribution >= 0.6 is 0 Å². The quantitative estimate of drug-likeness (QED) is 0.131. The number of benzene rings is 2. The number of aromatic nitrogens is 9. The second-order valence-corrected chi connectivity index (χ2v) is 13.5. The summed E-state index contributed by atoms with van der Waals surface area (Å²) < 4.78 is 1.82. The van der Waals surface area contributed by atoms with Crippen molar-refractivity contribution in [3.05, 3.63) is 108 Å². The number of nitrogens with one attached hydrogen (secondary N) is 3. The van der Waals surface area contributed by atoms with E-state index < -0.39 is 24.3 Å². The third-order valence-corrected chi connectivity index (χ3v) is 10.1. The van der Waals surface area contributed by atoms with Gasteiger partial charge in [0, 0.05) is 44.2 Å². The van der Waals surface area contributed by atoms with Gasteiger partial charge in [0.25, 0.3) is 0 Å². The number of amides is 2. The van der Waals surface area contributed by atoms with Crippen LogP contribution in [0.4, 0.5) is 22.2 Å². The highest BCUT2D eigenvalue weighted by Gasteiger charge is 2.45. The molecule has 1 saturated heterocycles. The fourth-order valence-electron chi connectivity index (χ4n) is 7.29. The summed E-state index contributed by atoms with van der Waals surface area (Å²) in [6, 6.07) is 22.6. The minimum atomic E-state index is -1.14. The lowest BCUT2D eigenvalue weighted by molar-refractivity contribution is 0.00473. The van der Waals surface area contributed by atoms with Crippen LogP contribution in [0.15, 0.2) is 91.5 Å². The molecule has 0 radical (unpaired) electrons. The molecule has 5 N–H and O–H groups in total. The minimum absolute atomic E-state index is 0.0161. The number of imidazole rings is 1. The Balaban J connectivity index is 1.10. The molecule has 5 heterocycles. The monoisotopic (exact) mass is 715 g/mol. The summed E-state index contributed by atoms with van der Waals surface area (Å²) in [5.41, 5.74) is 3.96. The SMILES string of the molecule is CCc1nnn(C2CC(n3cnc4c(NCC(c5ccccc5)c5ccccc5)nc(N5CCC(NC(=O)Nc6cccnc6)C5)nc43)C(O)C2O)n1. The predicted octanol–water partition coefficient (Wildman–Crippen LogP) is 3.32. The van der Waals surface area contributed by atoms with Crippen molar-refractivity contribution in [1.29, 1.82) is 0 Å². The van der Waals surface area contributed by atoms with Gasteiger partial charge < -0.3 is 35.6 Å². The summed E-state index contributed by atoms with van der Waals surface area (Å²) in [6.07, 6.45) is 4.25. The van der Waals surface area contributed by atoms with Crippen LogP contribution in [0.1, 0.15) is 54.7 Å². The van der Waals surface area contributed by atoms with Gasteiger partial charge in [-0.05, 0) is 41.3 Å². The number of pyridine rings is 1. The van der Waals surface area contributed by atoms with Crippen molar-refractivity contribution >= 4 is 34.6 Å². The first kappa shape index (κ1) is 34.1. The van der Waals surface area contributed by atoms with Crippen molar-refractivity contribution < 1.29 is 15.0 Å². The molecule has 8 rings (SSSR count). The molecule has 6 aromatic rings. The van der Waals surface area contributed by atoms with Crippen molar-refractivity contribution in [3.8, 4) is 0 Å². The van der Waals surface area contributed by atoms with Crippen molar-refractivity contribution in [2.75, 3.05) is 35.2 Å². The highest BCUT2D eigenvalue weighted by molar-refractivity contribution is 5.89. The van der Waals surface area contributed by atoms with Gasteiger partial charge in [-0.15, -0.1) is 10.2 Å². The van der Waals surface area contributed by atoms with Gasteiger partial charge in [0.2, 0.25) is 5.95 Å². The molecule has 0 bridgehead atoms. The number of aliphatic hydroxyl groups is 2. The van der Waals surface area contributed by atoms with Crippen LogP contribution in [0.25, 0.3) is 11.2 Å². The molecule has 5 unspecified atom stereocenters. The maximum absolute atomic E-state index is 12.8. The Morgan fingerprint density at radius 2 is 1.72 bits per heavy atom. The van der Waals surface area contributed by atoms with Gasteiger partial charge in [0.05, 0.1) is 24.3 Å². The number of rotatable bonds is 11. The van der Waals surface area contributed by atoms with Crippen molar-refractivity contribution in [3.63, 3.8) is 0 Å². The number of anilines is 3. The van der Waals surface area contributed by atoms with Gasteiger partial charge in [0.1, 0.15) is 18.2 Å². The van der Waals surface area contributed by atoms with Gasteiger partial charge in [0.15, 0.2) is 22.8 Å². The lowest BCUT2D eigenvalue weighted by Crippen LogP contribution is -2.40. The number of fused-ring (bicyclic) bond motifs is 1. The second-order valence-electron chi connectivity index (χ2n) is 13.5. The van der Waals surface area contributed by atoms with E-state index in [-0.39, 0.29) is 18.0 Å². The van der Waals surface area contributed by atoms with E-state index in [0.717, 1.165) is 11.1 Å². The average Bonchev–Trinajstić information content (AvgIpc) is 4.00. The number of carbonyl (C=O) groups excluding carboxylic acids is 1. The molecule has 1 aliphatic carbocycles. The number of nitrogens with zero attached hydrogens (tertiary/aromatic N) is 10. The van der Waals surface area contributed by atoms with E-state index in [0.29, 0.717) is 73.3 Å². The first-order chi connectivity index (χ1) is 25.9. The Bertz CT molecular complexity index is 2110. The smallest absolute Gasteiger partial charge is 0.319 e. The fraction of sp³-hybridized carbons (Fsp3) is 0.351. The molecule has 16 nitrogen and oxygen atoms in total. The van der Waals surface area contributed by atoms with Crippen LogP contribution in [-0.4, -0.2) is 98.8 Å². The van der Waals surface area contributed by atoms with Crippen LogP contribution in [0.3, 0.4) is 0 Å². The highest BCUT2D eigenvalue weighted by atomic mass is 16.3. The van der Waals surface area contributed by atoms with Crippen molar-refractivity contribution in [1.82, 2.24) is 50.0 Å². The van der Waals surface area contributed by atoms with Gasteiger partial charge in [-0.3, -0.25) is 4.98 Å². The van der Waals surface area contributed by atoms with E-state index >= 15 is 0 Å². The first-order valence-electron chi connectivity index (χ1n) is 17.9. The number of tetrazole rings is 1. The van der Waals surface area contributed by atoms with E-state index in [2.05, 4.69) is 60.6 Å². The number of urea groups is 1. The molecular weight excluding hydrogens is 674 g/mol. The number of aliphatic hydroxyl groups excluding tert-OH is 2. The average molecular weight is 716 g/mol. The topological polar surface area (TPSA) is 197 Å². The maximum atomic E-state index is 12.8. The first-order valence-corrected chi connectivity index (χ1v) is 17.9. The van der Waals surface area contributed by atoms with Crippen LogP contribution in [0.2, 0.25) is 0 Å². The largest absolute Gasteiger partial charge is 0.388 e. The van der Waals surface area contributed by atoms with Crippen LogP contribution in [0.5, 0.6) is 0 Å². The Labute approximate surface area is 305 Å². The minimum Gasteiger partial charge on any atom is -0.388 e. The van der Waals surface area contributed by atoms with Gasteiger partial charge in [-0.2, -0.15) is 14.8 Å². The number of hydrogen-bond acceptors (Lipinski definition) is 12. The summed E-state index contributed by atoms with van der Waals surface area (Å²) in [5, 5.41) is 44.7. The van der Waals surface area contributed by atoms with E-state index in [1.807, 2.05) is 52.8 Å². The van der Waals surface area contributed by atoms with Gasteiger partial charge in [-0.25, -0.2) is 9.78 Å². The zero-order valence-electron chi connectivity index (χ0n) is 29.1. The Morgan fingerprint density at radius 3 is 2.42 bits per heavy atom. The summed E-state index contributed by atoms with van der Waals surface area (Å²) in [5.74, 6) is 1.59. The zero-order valence-corrected chi connectivity index (χ0v) is 29.1. The summed E-state index contributed by atoms with van der Waals surface area (Å²) in [4.78, 5) is 35.1. The summed E-state index contributed by atoms with van der Waals surface area (Å²) in [6.45, 7) is 3.55. The van der Waals surface area contributed by atoms with Crippen molar-refractivity contribution in [2.45, 2.75) is 62.4 Å². The molecule has 5 atom stereocenters. The Hall–Kier alpha value is -6.00. The number of carbonyl (C=O) groups is 1. The molecule has 2 amide bonds. The second kappa shape index (κ2) is 14.9. The summed E-state index contributed by atoms with van der Waals surface area (Å²) in [7, 11) is 0. The molecule has 2 fully saturated rings. The lowest BCUT2D eigenvalue weighted by Gasteiger charge is -2.22. The fourth-order valence-corrected chi connectivity index (χ4v) is 7.29. The van der Waals surface area contributed by atoms with E-state index in [9.17, 15) is 15.0 Å². The molecule has 272 valence electrons. The molecular formula is C37H41N13O3. The third-order valence-electron chi connectivity index (χ3n) is 10.1. The number of hydrogen-bond donors (Lipinski definition) is 5. The van der Waals surface area contributed by atoms with E-state index in [1.165, 1.54) is 4.80 Å². The normalized spacial score (nSPS) is 21.4. The Morgan fingerprint density at radius 1 is 0.962 bits per heavy atom. The van der Waals surface area contributed by atoms with Gasteiger partial charge >= 0.3 is 6.03 Å². The lowest BCUT2D eigenvalue weighted by atomic mass is 9.91. The van der Waals surface area contributed by atoms with Crippen LogP contribution < -0.4 is 20.9 Å². The molecule has 16 heteroatoms. The Kier molecular flexibility index (Phi) is 9.60. The molecule has 4 aromatic heterocycles. The standard InChI is InChI=1S/C37H41N13O3/c1-2-30-45-47-50(46-30)29-18-28(32(51)33(29)52)49-22-40-31-34(39-20-27(23-10-5-3-6-11-23)24-12-7-4-8-13-24)43-36(44-35(31)49)48-17-15-26(21-48)42-37(53)41-25-14-9-16-38-19-25/h3-14,16,19,22,26-29,32-33,51-52H,2,15,17-18,20-21H2,1H3,(H,39,43,44)(H2,41,42,53). The van der Waals surface area contributed by atoms with Crippen LogP contribution in [-0.2, 0) is 6.42 Å². The van der Waals surface area contributed by atoms with E-state index in [4.69, 9.17) is 15.0 Å². The third kappa shape index (κ3) is 7.10.